The molecule has 2 rings (SSSR count). The molecule has 2 aromatic carbocycles. The third kappa shape index (κ3) is 3.95. The van der Waals surface area contributed by atoms with Gasteiger partial charge in [-0.3, -0.25) is 0 Å². The third-order valence-electron chi connectivity index (χ3n) is 2.84. The van der Waals surface area contributed by atoms with Crippen LogP contribution in [-0.4, -0.2) is 13.1 Å². The second-order valence-electron chi connectivity index (χ2n) is 4.39. The Morgan fingerprint density at radius 1 is 1.24 bits per heavy atom. The van der Waals surface area contributed by atoms with Gasteiger partial charge in [0.05, 0.1) is 11.6 Å². The fourth-order valence-electron chi connectivity index (χ4n) is 1.77. The number of hydrogen-bond donors (Lipinski definition) is 2. The first-order valence-electron chi connectivity index (χ1n) is 6.17. The number of ether oxygens (including phenoxy) is 1. The minimum absolute atomic E-state index is 0.360. The maximum atomic E-state index is 13.5. The van der Waals surface area contributed by atoms with Crippen LogP contribution in [0.5, 0.6) is 5.75 Å². The molecule has 0 aliphatic heterocycles. The molecule has 2 N–H and O–H groups in total. The van der Waals surface area contributed by atoms with E-state index in [-0.39, 0.29) is 0 Å². The highest BCUT2D eigenvalue weighted by atomic mass is 79.9. The summed E-state index contributed by atoms with van der Waals surface area (Å²) in [7, 11) is 1.55. The first kappa shape index (κ1) is 15.3. The van der Waals surface area contributed by atoms with E-state index in [1.807, 2.05) is 0 Å². The van der Waals surface area contributed by atoms with Crippen LogP contribution in [0.25, 0.3) is 0 Å². The van der Waals surface area contributed by atoms with E-state index in [0.717, 1.165) is 5.56 Å². The number of carbonyl (C=O) groups is 1. The molecule has 0 spiro atoms. The molecule has 0 aliphatic carbocycles. The Bertz CT molecular complexity index is 677. The topological polar surface area (TPSA) is 50.4 Å². The molecule has 4 nitrogen and oxygen atoms in total. The molecule has 0 radical (unpaired) electrons. The zero-order chi connectivity index (χ0) is 15.4. The van der Waals surface area contributed by atoms with Crippen molar-refractivity contribution in [3.8, 4) is 5.75 Å². The molecule has 0 fully saturated rings. The summed E-state index contributed by atoms with van der Waals surface area (Å²) in [6.07, 6.45) is 0. The van der Waals surface area contributed by atoms with E-state index in [1.165, 1.54) is 6.07 Å². The molecular weight excluding hydrogens is 339 g/mol. The van der Waals surface area contributed by atoms with E-state index in [2.05, 4.69) is 26.6 Å². The number of carbonyl (C=O) groups excluding carboxylic acids is 1. The van der Waals surface area contributed by atoms with Gasteiger partial charge in [0.2, 0.25) is 0 Å². The van der Waals surface area contributed by atoms with Gasteiger partial charge in [0, 0.05) is 17.4 Å². The lowest BCUT2D eigenvalue weighted by molar-refractivity contribution is 0.262. The number of urea groups is 1. The Morgan fingerprint density at radius 2 is 2.00 bits per heavy atom. The zero-order valence-electron chi connectivity index (χ0n) is 11.5. The Balaban J connectivity index is 2.09. The molecule has 2 amide bonds. The van der Waals surface area contributed by atoms with Crippen LogP contribution < -0.4 is 15.4 Å². The van der Waals surface area contributed by atoms with Gasteiger partial charge in [-0.15, -0.1) is 0 Å². The number of aryl methyl sites for hydroxylation is 1. The highest BCUT2D eigenvalue weighted by molar-refractivity contribution is 9.10. The highest BCUT2D eigenvalue weighted by Crippen LogP contribution is 2.24. The first-order chi connectivity index (χ1) is 9.99. The Labute approximate surface area is 130 Å². The largest absolute Gasteiger partial charge is 0.497 e. The highest BCUT2D eigenvalue weighted by Gasteiger charge is 2.09. The minimum Gasteiger partial charge on any atom is -0.497 e. The normalized spacial score (nSPS) is 10.1. The predicted molar refractivity (Wildman–Crippen MR) is 84.5 cm³/mol. The standard InChI is InChI=1S/C15H14BrFN2O2/c1-9-6-12(16)13(17)8-14(9)19-15(20)18-10-4-3-5-11(7-10)21-2/h3-8H,1-2H3,(H2,18,19,20). The number of nitrogens with one attached hydrogen (secondary N) is 2. The number of methoxy groups -OCH3 is 1. The maximum Gasteiger partial charge on any atom is 0.323 e. The fourth-order valence-corrected chi connectivity index (χ4v) is 2.22. The van der Waals surface area contributed by atoms with Crippen molar-refractivity contribution in [2.24, 2.45) is 0 Å². The predicted octanol–water partition coefficient (Wildman–Crippen LogP) is 4.55. The molecule has 0 saturated carbocycles. The molecule has 0 bridgehead atoms. The lowest BCUT2D eigenvalue weighted by Gasteiger charge is -2.11. The molecular formula is C15H14BrFN2O2. The van der Waals surface area contributed by atoms with Gasteiger partial charge in [0.15, 0.2) is 0 Å². The van der Waals surface area contributed by atoms with Crippen molar-refractivity contribution in [1.29, 1.82) is 0 Å². The summed E-state index contributed by atoms with van der Waals surface area (Å²) in [6.45, 7) is 1.78. The van der Waals surface area contributed by atoms with Crippen LogP contribution in [-0.2, 0) is 0 Å². The van der Waals surface area contributed by atoms with E-state index in [4.69, 9.17) is 4.74 Å². The summed E-state index contributed by atoms with van der Waals surface area (Å²) in [5, 5.41) is 5.27. The van der Waals surface area contributed by atoms with Crippen LogP contribution in [0.3, 0.4) is 0 Å². The average Bonchev–Trinajstić information content (AvgIpc) is 2.45. The fraction of sp³-hybridized carbons (Fsp3) is 0.133. The van der Waals surface area contributed by atoms with E-state index >= 15 is 0 Å². The Kier molecular flexibility index (Phi) is 4.80. The first-order valence-corrected chi connectivity index (χ1v) is 6.96. The van der Waals surface area contributed by atoms with E-state index < -0.39 is 11.8 Å². The van der Waals surface area contributed by atoms with Crippen molar-refractivity contribution in [3.63, 3.8) is 0 Å². The van der Waals surface area contributed by atoms with Crippen molar-refractivity contribution in [2.45, 2.75) is 6.92 Å². The molecule has 0 saturated heterocycles. The van der Waals surface area contributed by atoms with Crippen molar-refractivity contribution in [2.75, 3.05) is 17.7 Å². The Hall–Kier alpha value is -2.08. The van der Waals surface area contributed by atoms with E-state index in [1.54, 1.807) is 44.4 Å². The van der Waals surface area contributed by atoms with Gasteiger partial charge in [-0.25, -0.2) is 9.18 Å². The monoisotopic (exact) mass is 352 g/mol. The molecule has 0 aliphatic rings. The second-order valence-corrected chi connectivity index (χ2v) is 5.25. The van der Waals surface area contributed by atoms with Crippen molar-refractivity contribution >= 4 is 33.3 Å². The lowest BCUT2D eigenvalue weighted by atomic mass is 10.2. The average molecular weight is 353 g/mol. The molecule has 0 aromatic heterocycles. The van der Waals surface area contributed by atoms with E-state index in [0.29, 0.717) is 21.6 Å². The number of amides is 2. The molecule has 0 atom stereocenters. The van der Waals surface area contributed by atoms with Crippen molar-refractivity contribution in [1.82, 2.24) is 0 Å². The smallest absolute Gasteiger partial charge is 0.323 e. The van der Waals surface area contributed by atoms with Crippen molar-refractivity contribution < 1.29 is 13.9 Å². The van der Waals surface area contributed by atoms with Gasteiger partial charge in [-0.1, -0.05) is 6.07 Å². The lowest BCUT2D eigenvalue weighted by Crippen LogP contribution is -2.20. The molecule has 2 aromatic rings. The number of anilines is 2. The van der Waals surface area contributed by atoms with Gasteiger partial charge in [-0.2, -0.15) is 0 Å². The summed E-state index contributed by atoms with van der Waals surface area (Å²) in [5.74, 6) is 0.205. The van der Waals surface area contributed by atoms with Gasteiger partial charge >= 0.3 is 6.03 Å². The zero-order valence-corrected chi connectivity index (χ0v) is 13.1. The quantitative estimate of drug-likeness (QED) is 0.851. The summed E-state index contributed by atoms with van der Waals surface area (Å²) in [6, 6.07) is 9.39. The molecule has 0 unspecified atom stereocenters. The summed E-state index contributed by atoms with van der Waals surface area (Å²) >= 11 is 3.10. The summed E-state index contributed by atoms with van der Waals surface area (Å²) in [4.78, 5) is 11.9. The molecule has 110 valence electrons. The SMILES string of the molecule is COc1cccc(NC(=O)Nc2cc(F)c(Br)cc2C)c1. The minimum atomic E-state index is -0.451. The maximum absolute atomic E-state index is 13.5. The van der Waals surface area contributed by atoms with Crippen LogP contribution in [0, 0.1) is 12.7 Å². The van der Waals surface area contributed by atoms with Gasteiger partial charge in [0.25, 0.3) is 0 Å². The van der Waals surface area contributed by atoms with Gasteiger partial charge in [-0.05, 0) is 52.7 Å². The van der Waals surface area contributed by atoms with Gasteiger partial charge in [0.1, 0.15) is 11.6 Å². The van der Waals surface area contributed by atoms with Crippen LogP contribution in [0.2, 0.25) is 0 Å². The second kappa shape index (κ2) is 6.58. The van der Waals surface area contributed by atoms with Crippen LogP contribution in [0.15, 0.2) is 40.9 Å². The number of halogens is 2. The van der Waals surface area contributed by atoms with Crippen LogP contribution >= 0.6 is 15.9 Å². The van der Waals surface area contributed by atoms with Crippen LogP contribution in [0.1, 0.15) is 5.56 Å². The third-order valence-corrected chi connectivity index (χ3v) is 3.45. The van der Waals surface area contributed by atoms with Gasteiger partial charge < -0.3 is 15.4 Å². The van der Waals surface area contributed by atoms with Crippen molar-refractivity contribution in [3.05, 3.63) is 52.3 Å². The molecule has 21 heavy (non-hydrogen) atoms. The van der Waals surface area contributed by atoms with Crippen LogP contribution in [0.4, 0.5) is 20.6 Å². The molecule has 0 heterocycles. The summed E-state index contributed by atoms with van der Waals surface area (Å²) < 4.78 is 18.9. The Morgan fingerprint density at radius 3 is 2.71 bits per heavy atom. The number of rotatable bonds is 3. The van der Waals surface area contributed by atoms with E-state index in [9.17, 15) is 9.18 Å². The number of hydrogen-bond acceptors (Lipinski definition) is 2. The number of benzene rings is 2. The summed E-state index contributed by atoms with van der Waals surface area (Å²) in [5.41, 5.74) is 1.75. The molecule has 6 heteroatoms.